The molecule has 0 aliphatic heterocycles. The van der Waals surface area contributed by atoms with Gasteiger partial charge in [-0.1, -0.05) is 164 Å². The van der Waals surface area contributed by atoms with Crippen LogP contribution in [0.25, 0.3) is 133 Å². The Kier molecular flexibility index (Phi) is 8.79. The summed E-state index contributed by atoms with van der Waals surface area (Å²) in [5, 5.41) is 6.84. The molecule has 0 unspecified atom stereocenters. The van der Waals surface area contributed by atoms with Crippen LogP contribution >= 0.6 is 0 Å². The number of hydrogen-bond acceptors (Lipinski definition) is 4. The molecule has 0 saturated carbocycles. The monoisotopic (exact) mass is 881 g/mol. The maximum Gasteiger partial charge on any atom is 0.167 e. The molecule has 10 aromatic carbocycles. The zero-order valence-corrected chi connectivity index (χ0v) is 37.2. The molecule has 0 aliphatic carbocycles. The average molecular weight is 882 g/mol. The van der Waals surface area contributed by atoms with Gasteiger partial charge in [0.15, 0.2) is 17.5 Å². The van der Waals surface area contributed by atoms with Crippen LogP contribution in [0.2, 0.25) is 0 Å². The van der Waals surface area contributed by atoms with Crippen molar-refractivity contribution in [3.05, 3.63) is 237 Å². The van der Waals surface area contributed by atoms with Gasteiger partial charge >= 0.3 is 0 Å². The summed E-state index contributed by atoms with van der Waals surface area (Å²) in [6, 6.07) is 83.5. The van der Waals surface area contributed by atoms with E-state index in [-0.39, 0.29) is 0 Å². The van der Waals surface area contributed by atoms with Crippen molar-refractivity contribution in [2.75, 3.05) is 0 Å². The Morgan fingerprint density at radius 2 is 0.652 bits per heavy atom. The molecule has 0 atom stereocenters. The van der Waals surface area contributed by atoms with Gasteiger partial charge in [0.1, 0.15) is 11.2 Å². The maximum atomic E-state index is 7.05. The summed E-state index contributed by atoms with van der Waals surface area (Å²) in [5.41, 5.74) is 15.5. The second-order valence-corrected chi connectivity index (χ2v) is 17.6. The van der Waals surface area contributed by atoms with Crippen molar-refractivity contribution >= 4 is 65.6 Å². The molecule has 0 fully saturated rings. The van der Waals surface area contributed by atoms with E-state index >= 15 is 0 Å². The number of furan rings is 1. The van der Waals surface area contributed by atoms with E-state index in [0.717, 1.165) is 83.1 Å². The van der Waals surface area contributed by atoms with Crippen LogP contribution in [0.3, 0.4) is 0 Å². The minimum atomic E-state index is 0.556. The second-order valence-electron chi connectivity index (χ2n) is 17.6. The summed E-state index contributed by atoms with van der Waals surface area (Å²) in [7, 11) is 0. The minimum Gasteiger partial charge on any atom is -0.455 e. The van der Waals surface area contributed by atoms with E-state index < -0.39 is 0 Å². The van der Waals surface area contributed by atoms with Gasteiger partial charge in [0.25, 0.3) is 0 Å². The van der Waals surface area contributed by atoms with E-state index in [1.807, 2.05) is 66.7 Å². The number of aromatic nitrogens is 5. The summed E-state index contributed by atoms with van der Waals surface area (Å²) in [5.74, 6) is 1.77. The molecule has 6 nitrogen and oxygen atoms in total. The number of para-hydroxylation sites is 5. The first-order valence-electron chi connectivity index (χ1n) is 23.3. The van der Waals surface area contributed by atoms with Crippen LogP contribution in [0, 0.1) is 0 Å². The van der Waals surface area contributed by atoms with Crippen molar-refractivity contribution in [3.8, 4) is 67.8 Å². The summed E-state index contributed by atoms with van der Waals surface area (Å²) >= 11 is 0. The molecule has 0 saturated heterocycles. The molecule has 0 bridgehead atoms. The number of rotatable bonds is 7. The molecule has 322 valence electrons. The van der Waals surface area contributed by atoms with Crippen molar-refractivity contribution in [2.24, 2.45) is 0 Å². The van der Waals surface area contributed by atoms with E-state index in [0.29, 0.717) is 17.5 Å². The fourth-order valence-electron chi connectivity index (χ4n) is 10.4. The predicted molar refractivity (Wildman–Crippen MR) is 283 cm³/mol. The molecule has 69 heavy (non-hydrogen) atoms. The lowest BCUT2D eigenvalue weighted by Crippen LogP contribution is -2.00. The molecule has 4 aromatic heterocycles. The number of hydrogen-bond donors (Lipinski definition) is 0. The molecular weight excluding hydrogens is 843 g/mol. The summed E-state index contributed by atoms with van der Waals surface area (Å²) in [6.07, 6.45) is 0. The van der Waals surface area contributed by atoms with Crippen molar-refractivity contribution in [3.63, 3.8) is 0 Å². The van der Waals surface area contributed by atoms with Gasteiger partial charge in [0.2, 0.25) is 0 Å². The van der Waals surface area contributed by atoms with Gasteiger partial charge in [-0.3, -0.25) is 0 Å². The Labute approximate surface area is 396 Å². The molecule has 0 N–H and O–H groups in total. The lowest BCUT2D eigenvalue weighted by Gasteiger charge is -2.09. The fourth-order valence-corrected chi connectivity index (χ4v) is 10.4. The van der Waals surface area contributed by atoms with Crippen LogP contribution in [0.15, 0.2) is 241 Å². The molecule has 6 heteroatoms. The molecule has 14 rings (SSSR count). The maximum absolute atomic E-state index is 7.05. The zero-order valence-electron chi connectivity index (χ0n) is 37.2. The zero-order chi connectivity index (χ0) is 45.4. The highest BCUT2D eigenvalue weighted by atomic mass is 16.3. The minimum absolute atomic E-state index is 0.556. The third kappa shape index (κ3) is 6.30. The van der Waals surface area contributed by atoms with Crippen LogP contribution in [-0.4, -0.2) is 24.1 Å². The Morgan fingerprint density at radius 1 is 0.261 bits per heavy atom. The van der Waals surface area contributed by atoms with Crippen LogP contribution < -0.4 is 0 Å². The van der Waals surface area contributed by atoms with Crippen molar-refractivity contribution in [1.82, 2.24) is 24.1 Å². The Bertz CT molecular complexity index is 4230. The highest BCUT2D eigenvalue weighted by Crippen LogP contribution is 2.43. The summed E-state index contributed by atoms with van der Waals surface area (Å²) in [4.78, 5) is 15.1. The lowest BCUT2D eigenvalue weighted by molar-refractivity contribution is 0.670. The standard InChI is InChI=1S/C63H39N5O/c1-5-17-40(18-6-1)61-64-62(41-19-7-2-8-20-41)66-63(65-61)51-29-16-28-50-49-27-15-26-47(59(49)69-60(50)51)44-33-36-58-54(39-44)53-38-43(32-35-57(53)68(58)46-23-11-4-12-24-46)42-31-34-56-52(37-42)48-25-13-14-30-55(48)67(56)45-21-9-3-10-22-45/h1-39H. The van der Waals surface area contributed by atoms with Gasteiger partial charge in [-0.25, -0.2) is 15.0 Å². The molecule has 14 aromatic rings. The van der Waals surface area contributed by atoms with Crippen molar-refractivity contribution in [1.29, 1.82) is 0 Å². The van der Waals surface area contributed by atoms with Crippen LogP contribution in [0.1, 0.15) is 0 Å². The highest BCUT2D eigenvalue weighted by Gasteiger charge is 2.21. The number of benzene rings is 10. The predicted octanol–water partition coefficient (Wildman–Crippen LogP) is 16.3. The first-order chi connectivity index (χ1) is 34.2. The van der Waals surface area contributed by atoms with Gasteiger partial charge in [-0.15, -0.1) is 0 Å². The van der Waals surface area contributed by atoms with Gasteiger partial charge in [-0.2, -0.15) is 0 Å². The molecule has 0 radical (unpaired) electrons. The van der Waals surface area contributed by atoms with Crippen molar-refractivity contribution in [2.45, 2.75) is 0 Å². The molecule has 0 spiro atoms. The van der Waals surface area contributed by atoms with E-state index in [4.69, 9.17) is 19.4 Å². The first kappa shape index (κ1) is 38.8. The fraction of sp³-hybridized carbons (Fsp3) is 0. The Hall–Kier alpha value is -9.39. The summed E-state index contributed by atoms with van der Waals surface area (Å²) in [6.45, 7) is 0. The van der Waals surface area contributed by atoms with Crippen LogP contribution in [0.5, 0.6) is 0 Å². The van der Waals surface area contributed by atoms with Gasteiger partial charge in [0.05, 0.1) is 27.6 Å². The van der Waals surface area contributed by atoms with Gasteiger partial charge in [-0.05, 0) is 89.5 Å². The Morgan fingerprint density at radius 3 is 1.20 bits per heavy atom. The Balaban J connectivity index is 0.939. The number of fused-ring (bicyclic) bond motifs is 9. The number of nitrogens with zero attached hydrogens (tertiary/aromatic N) is 5. The van der Waals surface area contributed by atoms with E-state index in [1.165, 1.54) is 32.8 Å². The van der Waals surface area contributed by atoms with E-state index in [2.05, 4.69) is 179 Å². The van der Waals surface area contributed by atoms with Crippen LogP contribution in [-0.2, 0) is 0 Å². The summed E-state index contributed by atoms with van der Waals surface area (Å²) < 4.78 is 11.8. The highest BCUT2D eigenvalue weighted by molar-refractivity contribution is 6.16. The SMILES string of the molecule is c1ccc(-c2nc(-c3ccccc3)nc(-c3cccc4c3oc3c(-c5ccc6c(c5)c5cc(-c7ccc8c(c7)c7ccccc7n8-c7ccccc7)ccc5n6-c5ccccc5)cccc34)n2)cc1. The average Bonchev–Trinajstić information content (AvgIpc) is 4.09. The second kappa shape index (κ2) is 15.6. The third-order valence-corrected chi connectivity index (χ3v) is 13.6. The topological polar surface area (TPSA) is 61.7 Å². The molecule has 0 amide bonds. The smallest absolute Gasteiger partial charge is 0.167 e. The molecule has 4 heterocycles. The van der Waals surface area contributed by atoms with Gasteiger partial charge in [0, 0.05) is 60.4 Å². The quantitative estimate of drug-likeness (QED) is 0.160. The molecular formula is C63H39N5O. The van der Waals surface area contributed by atoms with Crippen molar-refractivity contribution < 1.29 is 4.42 Å². The van der Waals surface area contributed by atoms with Crippen LogP contribution in [0.4, 0.5) is 0 Å². The largest absolute Gasteiger partial charge is 0.455 e. The van der Waals surface area contributed by atoms with Gasteiger partial charge < -0.3 is 13.6 Å². The van der Waals surface area contributed by atoms with E-state index in [9.17, 15) is 0 Å². The van der Waals surface area contributed by atoms with E-state index in [1.54, 1.807) is 0 Å². The third-order valence-electron chi connectivity index (χ3n) is 13.6. The lowest BCUT2D eigenvalue weighted by atomic mass is 9.98. The molecule has 0 aliphatic rings. The first-order valence-corrected chi connectivity index (χ1v) is 23.3. The normalized spacial score (nSPS) is 11.8.